The molecule has 0 fully saturated rings. The van der Waals surface area contributed by atoms with Crippen molar-refractivity contribution in [3.05, 3.63) is 58.6 Å². The Bertz CT molecular complexity index is 854. The molecule has 27 heavy (non-hydrogen) atoms. The monoisotopic (exact) mass is 389 g/mol. The van der Waals surface area contributed by atoms with E-state index in [0.717, 1.165) is 11.1 Å². The van der Waals surface area contributed by atoms with E-state index in [9.17, 15) is 14.7 Å². The molecule has 142 valence electrons. The van der Waals surface area contributed by atoms with E-state index < -0.39 is 18.0 Å². The molecule has 1 heterocycles. The fraction of sp³-hybridized carbons (Fsp3) is 0.300. The van der Waals surface area contributed by atoms with Gasteiger partial charge in [0, 0.05) is 18.0 Å². The minimum atomic E-state index is -0.983. The summed E-state index contributed by atoms with van der Waals surface area (Å²) in [5.74, 6) is -0.842. The molecule has 1 aliphatic rings. The van der Waals surface area contributed by atoms with E-state index in [1.54, 1.807) is 24.3 Å². The summed E-state index contributed by atoms with van der Waals surface area (Å²) in [5.41, 5.74) is 1.65. The number of carbonyl (C=O) groups excluding carboxylic acids is 1. The minimum absolute atomic E-state index is 0.00315. The molecule has 3 rings (SSSR count). The van der Waals surface area contributed by atoms with Crippen LogP contribution in [-0.4, -0.2) is 36.7 Å². The van der Waals surface area contributed by atoms with Crippen molar-refractivity contribution in [3.8, 4) is 11.5 Å². The first-order valence-electron chi connectivity index (χ1n) is 8.55. The molecule has 0 radical (unpaired) electrons. The van der Waals surface area contributed by atoms with Crippen LogP contribution in [0.15, 0.2) is 42.5 Å². The number of carboxylic acids is 1. The van der Waals surface area contributed by atoms with Gasteiger partial charge in [-0.15, -0.1) is 0 Å². The number of methoxy groups -OCH3 is 1. The lowest BCUT2D eigenvalue weighted by Crippen LogP contribution is -2.41. The highest BCUT2D eigenvalue weighted by Crippen LogP contribution is 2.31. The van der Waals surface area contributed by atoms with Crippen molar-refractivity contribution in [3.63, 3.8) is 0 Å². The molecule has 0 aromatic heterocycles. The zero-order chi connectivity index (χ0) is 19.4. The van der Waals surface area contributed by atoms with Gasteiger partial charge in [0.05, 0.1) is 13.0 Å². The fourth-order valence-corrected chi connectivity index (χ4v) is 3.28. The van der Waals surface area contributed by atoms with E-state index in [1.165, 1.54) is 7.11 Å². The first-order valence-corrected chi connectivity index (χ1v) is 8.93. The Morgan fingerprint density at radius 1 is 1.33 bits per heavy atom. The number of aliphatic carboxylic acids is 1. The number of hydrogen-bond donors (Lipinski definition) is 2. The number of rotatable bonds is 7. The zero-order valence-corrected chi connectivity index (χ0v) is 15.5. The molecule has 0 saturated carbocycles. The molecule has 2 aromatic carbocycles. The number of amides is 1. The average molecular weight is 390 g/mol. The van der Waals surface area contributed by atoms with Crippen LogP contribution in [0.2, 0.25) is 5.02 Å². The van der Waals surface area contributed by atoms with Crippen molar-refractivity contribution >= 4 is 23.5 Å². The van der Waals surface area contributed by atoms with Crippen LogP contribution in [0.4, 0.5) is 0 Å². The number of fused-ring (bicyclic) bond motifs is 1. The molecule has 6 nitrogen and oxygen atoms in total. The average Bonchev–Trinajstić information content (AvgIpc) is 3.08. The van der Waals surface area contributed by atoms with Crippen LogP contribution in [0.3, 0.4) is 0 Å². The third-order valence-corrected chi connectivity index (χ3v) is 4.76. The number of benzene rings is 2. The van der Waals surface area contributed by atoms with E-state index in [4.69, 9.17) is 21.1 Å². The molecular formula is C20H20ClNO5. The SMILES string of the molecule is COc1ccccc1CC(CNC(=O)C1Cc2cc(Cl)ccc2O1)C(=O)O. The number of nitrogens with one attached hydrogen (secondary N) is 1. The first-order chi connectivity index (χ1) is 13.0. The fourth-order valence-electron chi connectivity index (χ4n) is 3.08. The van der Waals surface area contributed by atoms with Gasteiger partial charge in [-0.05, 0) is 41.8 Å². The Labute approximate surface area is 162 Å². The number of halogens is 1. The van der Waals surface area contributed by atoms with Crippen LogP contribution in [-0.2, 0) is 22.4 Å². The van der Waals surface area contributed by atoms with Gasteiger partial charge >= 0.3 is 5.97 Å². The molecule has 0 spiro atoms. The van der Waals surface area contributed by atoms with Crippen molar-refractivity contribution in [2.75, 3.05) is 13.7 Å². The van der Waals surface area contributed by atoms with Gasteiger partial charge in [-0.2, -0.15) is 0 Å². The summed E-state index contributed by atoms with van der Waals surface area (Å²) >= 11 is 5.96. The molecule has 2 aromatic rings. The van der Waals surface area contributed by atoms with Crippen molar-refractivity contribution in [1.29, 1.82) is 0 Å². The van der Waals surface area contributed by atoms with Crippen LogP contribution >= 0.6 is 11.6 Å². The quantitative estimate of drug-likeness (QED) is 0.760. The lowest BCUT2D eigenvalue weighted by Gasteiger charge is -2.17. The molecule has 1 amide bonds. The first kappa shape index (κ1) is 19.0. The molecule has 7 heteroatoms. The van der Waals surface area contributed by atoms with E-state index >= 15 is 0 Å². The van der Waals surface area contributed by atoms with Gasteiger partial charge in [-0.1, -0.05) is 29.8 Å². The highest BCUT2D eigenvalue weighted by atomic mass is 35.5. The van der Waals surface area contributed by atoms with Crippen LogP contribution < -0.4 is 14.8 Å². The number of para-hydroxylation sites is 1. The van der Waals surface area contributed by atoms with Crippen LogP contribution in [0, 0.1) is 5.92 Å². The van der Waals surface area contributed by atoms with Gasteiger partial charge in [0.2, 0.25) is 0 Å². The summed E-state index contributed by atoms with van der Waals surface area (Å²) in [4.78, 5) is 24.0. The molecule has 1 aliphatic heterocycles. The van der Waals surface area contributed by atoms with Crippen molar-refractivity contribution in [2.45, 2.75) is 18.9 Å². The Hall–Kier alpha value is -2.73. The maximum atomic E-state index is 12.4. The van der Waals surface area contributed by atoms with Crippen molar-refractivity contribution in [1.82, 2.24) is 5.32 Å². The van der Waals surface area contributed by atoms with Gasteiger partial charge < -0.3 is 19.9 Å². The summed E-state index contributed by atoms with van der Waals surface area (Å²) in [5, 5.41) is 12.8. The molecule has 0 saturated heterocycles. The predicted molar refractivity (Wildman–Crippen MR) is 100 cm³/mol. The Morgan fingerprint density at radius 2 is 2.11 bits per heavy atom. The number of hydrogen-bond acceptors (Lipinski definition) is 4. The zero-order valence-electron chi connectivity index (χ0n) is 14.8. The van der Waals surface area contributed by atoms with Crippen LogP contribution in [0.1, 0.15) is 11.1 Å². The van der Waals surface area contributed by atoms with Gasteiger partial charge in [0.1, 0.15) is 11.5 Å². The summed E-state index contributed by atoms with van der Waals surface area (Å²) in [6.45, 7) is 0.00315. The van der Waals surface area contributed by atoms with Gasteiger partial charge in [-0.25, -0.2) is 0 Å². The Morgan fingerprint density at radius 3 is 2.85 bits per heavy atom. The molecular weight excluding hydrogens is 370 g/mol. The van der Waals surface area contributed by atoms with E-state index in [-0.39, 0.29) is 18.9 Å². The largest absolute Gasteiger partial charge is 0.496 e. The normalized spacial score (nSPS) is 16.1. The molecule has 2 atom stereocenters. The van der Waals surface area contributed by atoms with E-state index in [0.29, 0.717) is 22.9 Å². The Balaban J connectivity index is 1.60. The maximum Gasteiger partial charge on any atom is 0.308 e. The third kappa shape index (κ3) is 4.52. The summed E-state index contributed by atoms with van der Waals surface area (Å²) < 4.78 is 10.9. The predicted octanol–water partition coefficient (Wildman–Crippen LogP) is 2.71. The molecule has 0 aliphatic carbocycles. The number of ether oxygens (including phenoxy) is 2. The van der Waals surface area contributed by atoms with Crippen LogP contribution in [0.25, 0.3) is 0 Å². The molecule has 2 unspecified atom stereocenters. The molecule has 2 N–H and O–H groups in total. The lowest BCUT2D eigenvalue weighted by atomic mass is 9.98. The number of carbonyl (C=O) groups is 2. The third-order valence-electron chi connectivity index (χ3n) is 4.52. The second-order valence-electron chi connectivity index (χ2n) is 6.36. The summed E-state index contributed by atoms with van der Waals surface area (Å²) in [6.07, 6.45) is -0.0216. The van der Waals surface area contributed by atoms with Crippen LogP contribution in [0.5, 0.6) is 11.5 Å². The standard InChI is InChI=1S/C20H20ClNO5/c1-26-16-5-3-2-4-12(16)8-14(20(24)25)11-22-19(23)18-10-13-9-15(21)6-7-17(13)27-18/h2-7,9,14,18H,8,10-11H2,1H3,(H,22,23)(H,24,25). The second-order valence-corrected chi connectivity index (χ2v) is 6.80. The highest BCUT2D eigenvalue weighted by Gasteiger charge is 2.30. The highest BCUT2D eigenvalue weighted by molar-refractivity contribution is 6.30. The molecule has 0 bridgehead atoms. The lowest BCUT2D eigenvalue weighted by molar-refractivity contribution is -0.141. The Kier molecular flexibility index (Phi) is 5.86. The van der Waals surface area contributed by atoms with E-state index in [1.807, 2.05) is 18.2 Å². The van der Waals surface area contributed by atoms with Gasteiger partial charge in [0.15, 0.2) is 6.10 Å². The smallest absolute Gasteiger partial charge is 0.308 e. The van der Waals surface area contributed by atoms with Gasteiger partial charge in [0.25, 0.3) is 5.91 Å². The number of carboxylic acid groups (broad SMARTS) is 1. The second kappa shape index (κ2) is 8.31. The topological polar surface area (TPSA) is 84.9 Å². The summed E-state index contributed by atoms with van der Waals surface area (Å²) in [7, 11) is 1.54. The summed E-state index contributed by atoms with van der Waals surface area (Å²) in [6, 6.07) is 12.4. The van der Waals surface area contributed by atoms with E-state index in [2.05, 4.69) is 5.32 Å². The van der Waals surface area contributed by atoms with Crippen molar-refractivity contribution in [2.24, 2.45) is 5.92 Å². The van der Waals surface area contributed by atoms with Crippen molar-refractivity contribution < 1.29 is 24.2 Å². The maximum absolute atomic E-state index is 12.4. The van der Waals surface area contributed by atoms with Gasteiger partial charge in [-0.3, -0.25) is 9.59 Å². The minimum Gasteiger partial charge on any atom is -0.496 e.